The topological polar surface area (TPSA) is 58.5 Å². The predicted octanol–water partition coefficient (Wildman–Crippen LogP) is 3.18. The Bertz CT molecular complexity index is 634. The number of hydrogen-bond acceptors (Lipinski definition) is 3. The third kappa shape index (κ3) is 6.35. The van der Waals surface area contributed by atoms with E-state index in [1.165, 1.54) is 5.56 Å². The number of benzene rings is 1. The molecule has 0 radical (unpaired) electrons. The minimum atomic E-state index is 0. The van der Waals surface area contributed by atoms with Gasteiger partial charge in [0.1, 0.15) is 0 Å². The standard InChI is InChI=1S/C18H24N4O.HI/c1-14(16-7-5-4-6-8-16)12-21-18(19-2)22-13-15-9-10-20-17(11-15)23-3;/h4-11,14H,12-13H2,1-3H3,(H2,19,21,22);1H. The van der Waals surface area contributed by atoms with Crippen LogP contribution >= 0.6 is 24.0 Å². The molecule has 2 N–H and O–H groups in total. The van der Waals surface area contributed by atoms with Crippen LogP contribution in [0.2, 0.25) is 0 Å². The van der Waals surface area contributed by atoms with Crippen LogP contribution in [-0.4, -0.2) is 31.6 Å². The molecule has 1 aromatic carbocycles. The molecule has 1 atom stereocenters. The summed E-state index contributed by atoms with van der Waals surface area (Å²) in [7, 11) is 3.39. The fraction of sp³-hybridized carbons (Fsp3) is 0.333. The average Bonchev–Trinajstić information content (AvgIpc) is 2.62. The molecular weight excluding hydrogens is 415 g/mol. The first-order chi connectivity index (χ1) is 11.2. The summed E-state index contributed by atoms with van der Waals surface area (Å²) in [6, 6.07) is 14.3. The van der Waals surface area contributed by atoms with Gasteiger partial charge in [-0.1, -0.05) is 37.3 Å². The van der Waals surface area contributed by atoms with Gasteiger partial charge in [-0.25, -0.2) is 4.98 Å². The van der Waals surface area contributed by atoms with E-state index in [1.807, 2.05) is 18.2 Å². The minimum absolute atomic E-state index is 0. The summed E-state index contributed by atoms with van der Waals surface area (Å²) in [6.45, 7) is 3.69. The van der Waals surface area contributed by atoms with E-state index in [9.17, 15) is 0 Å². The molecule has 1 aromatic heterocycles. The van der Waals surface area contributed by atoms with E-state index in [0.29, 0.717) is 18.3 Å². The largest absolute Gasteiger partial charge is 0.481 e. The van der Waals surface area contributed by atoms with Gasteiger partial charge in [-0.15, -0.1) is 24.0 Å². The summed E-state index contributed by atoms with van der Waals surface area (Å²) in [4.78, 5) is 8.36. The summed E-state index contributed by atoms with van der Waals surface area (Å²) in [5.74, 6) is 1.81. The molecule has 0 spiro atoms. The first-order valence-electron chi connectivity index (χ1n) is 7.71. The van der Waals surface area contributed by atoms with Crippen LogP contribution in [-0.2, 0) is 6.54 Å². The minimum Gasteiger partial charge on any atom is -0.481 e. The summed E-state index contributed by atoms with van der Waals surface area (Å²) >= 11 is 0. The average molecular weight is 440 g/mol. The number of ether oxygens (including phenoxy) is 1. The molecule has 0 aliphatic heterocycles. The van der Waals surface area contributed by atoms with Gasteiger partial charge in [-0.05, 0) is 23.1 Å². The van der Waals surface area contributed by atoms with Gasteiger partial charge in [-0.3, -0.25) is 4.99 Å². The normalized spacial score (nSPS) is 12.0. The van der Waals surface area contributed by atoms with Crippen molar-refractivity contribution in [2.45, 2.75) is 19.4 Å². The Morgan fingerprint density at radius 2 is 1.96 bits per heavy atom. The second kappa shape index (κ2) is 10.9. The van der Waals surface area contributed by atoms with Gasteiger partial charge in [0.25, 0.3) is 0 Å². The summed E-state index contributed by atoms with van der Waals surface area (Å²) in [6.07, 6.45) is 1.74. The molecule has 5 nitrogen and oxygen atoms in total. The van der Waals surface area contributed by atoms with Gasteiger partial charge < -0.3 is 15.4 Å². The number of rotatable bonds is 6. The maximum atomic E-state index is 5.13. The molecule has 0 amide bonds. The van der Waals surface area contributed by atoms with Crippen molar-refractivity contribution < 1.29 is 4.74 Å². The highest BCUT2D eigenvalue weighted by atomic mass is 127. The number of guanidine groups is 1. The van der Waals surface area contributed by atoms with Crippen LogP contribution in [0.5, 0.6) is 5.88 Å². The second-order valence-corrected chi connectivity index (χ2v) is 5.32. The zero-order chi connectivity index (χ0) is 16.5. The Morgan fingerprint density at radius 1 is 1.21 bits per heavy atom. The Labute approximate surface area is 161 Å². The molecular formula is C18H25IN4O. The quantitative estimate of drug-likeness (QED) is 0.412. The molecule has 1 heterocycles. The number of methoxy groups -OCH3 is 1. The highest BCUT2D eigenvalue weighted by Crippen LogP contribution is 2.13. The summed E-state index contributed by atoms with van der Waals surface area (Å²) in [5.41, 5.74) is 2.41. The van der Waals surface area contributed by atoms with Gasteiger partial charge in [0, 0.05) is 32.4 Å². The van der Waals surface area contributed by atoms with E-state index in [0.717, 1.165) is 18.1 Å². The fourth-order valence-electron chi connectivity index (χ4n) is 2.23. The third-order valence-corrected chi connectivity index (χ3v) is 3.64. The first kappa shape index (κ1) is 20.2. The molecule has 0 aliphatic rings. The van der Waals surface area contributed by atoms with Crippen LogP contribution in [0.4, 0.5) is 0 Å². The van der Waals surface area contributed by atoms with Gasteiger partial charge >= 0.3 is 0 Å². The van der Waals surface area contributed by atoms with Gasteiger partial charge in [0.2, 0.25) is 5.88 Å². The lowest BCUT2D eigenvalue weighted by Gasteiger charge is -2.16. The molecule has 0 saturated heterocycles. The van der Waals surface area contributed by atoms with Gasteiger partial charge in [0.15, 0.2) is 5.96 Å². The van der Waals surface area contributed by atoms with E-state index < -0.39 is 0 Å². The number of pyridine rings is 1. The van der Waals surface area contributed by atoms with Crippen molar-refractivity contribution >= 4 is 29.9 Å². The lowest BCUT2D eigenvalue weighted by atomic mass is 10.0. The smallest absolute Gasteiger partial charge is 0.213 e. The van der Waals surface area contributed by atoms with E-state index in [4.69, 9.17) is 4.74 Å². The number of nitrogens with one attached hydrogen (secondary N) is 2. The van der Waals surface area contributed by atoms with E-state index in [2.05, 4.69) is 51.8 Å². The number of aliphatic imine (C=N–C) groups is 1. The van der Waals surface area contributed by atoms with Crippen molar-refractivity contribution in [3.8, 4) is 5.88 Å². The predicted molar refractivity (Wildman–Crippen MR) is 109 cm³/mol. The molecule has 0 bridgehead atoms. The van der Waals surface area contributed by atoms with Crippen molar-refractivity contribution in [3.05, 3.63) is 59.8 Å². The molecule has 0 saturated carbocycles. The number of halogens is 1. The Kier molecular flexibility index (Phi) is 9.14. The molecule has 6 heteroatoms. The zero-order valence-electron chi connectivity index (χ0n) is 14.3. The van der Waals surface area contributed by atoms with Gasteiger partial charge in [0.05, 0.1) is 7.11 Å². The summed E-state index contributed by atoms with van der Waals surface area (Å²) < 4.78 is 5.13. The van der Waals surface area contributed by atoms with Crippen LogP contribution in [0.3, 0.4) is 0 Å². The van der Waals surface area contributed by atoms with Gasteiger partial charge in [-0.2, -0.15) is 0 Å². The Morgan fingerprint density at radius 3 is 2.62 bits per heavy atom. The molecule has 0 fully saturated rings. The van der Waals surface area contributed by atoms with Crippen LogP contribution in [0, 0.1) is 0 Å². The van der Waals surface area contributed by atoms with Crippen LogP contribution in [0.15, 0.2) is 53.7 Å². The first-order valence-corrected chi connectivity index (χ1v) is 7.71. The third-order valence-electron chi connectivity index (χ3n) is 3.64. The lowest BCUT2D eigenvalue weighted by Crippen LogP contribution is -2.38. The zero-order valence-corrected chi connectivity index (χ0v) is 16.7. The number of nitrogens with zero attached hydrogens (tertiary/aromatic N) is 2. The second-order valence-electron chi connectivity index (χ2n) is 5.32. The van der Waals surface area contributed by atoms with Crippen molar-refractivity contribution in [2.24, 2.45) is 4.99 Å². The van der Waals surface area contributed by atoms with E-state index in [-0.39, 0.29) is 24.0 Å². The Balaban J connectivity index is 0.00000288. The van der Waals surface area contributed by atoms with Crippen molar-refractivity contribution in [2.75, 3.05) is 20.7 Å². The maximum absolute atomic E-state index is 5.13. The van der Waals surface area contributed by atoms with Crippen LogP contribution in [0.1, 0.15) is 24.0 Å². The molecule has 2 aromatic rings. The molecule has 1 unspecified atom stereocenters. The molecule has 0 aliphatic carbocycles. The number of aromatic nitrogens is 1. The van der Waals surface area contributed by atoms with Crippen LogP contribution < -0.4 is 15.4 Å². The van der Waals surface area contributed by atoms with Crippen molar-refractivity contribution in [1.82, 2.24) is 15.6 Å². The molecule has 24 heavy (non-hydrogen) atoms. The van der Waals surface area contributed by atoms with Crippen molar-refractivity contribution in [3.63, 3.8) is 0 Å². The van der Waals surface area contributed by atoms with Crippen LogP contribution in [0.25, 0.3) is 0 Å². The SMILES string of the molecule is CN=C(NCc1ccnc(OC)c1)NCC(C)c1ccccc1.I. The van der Waals surface area contributed by atoms with E-state index in [1.54, 1.807) is 20.4 Å². The molecule has 2 rings (SSSR count). The van der Waals surface area contributed by atoms with E-state index >= 15 is 0 Å². The maximum Gasteiger partial charge on any atom is 0.213 e. The Hall–Kier alpha value is -1.83. The highest BCUT2D eigenvalue weighted by Gasteiger charge is 2.06. The number of hydrogen-bond donors (Lipinski definition) is 2. The fourth-order valence-corrected chi connectivity index (χ4v) is 2.23. The lowest BCUT2D eigenvalue weighted by molar-refractivity contribution is 0.397. The highest BCUT2D eigenvalue weighted by molar-refractivity contribution is 14.0. The summed E-state index contributed by atoms with van der Waals surface area (Å²) in [5, 5.41) is 6.66. The van der Waals surface area contributed by atoms with Crippen molar-refractivity contribution in [1.29, 1.82) is 0 Å². The molecule has 130 valence electrons. The monoisotopic (exact) mass is 440 g/mol.